The van der Waals surface area contributed by atoms with Gasteiger partial charge in [-0.1, -0.05) is 0 Å². The van der Waals surface area contributed by atoms with Crippen molar-refractivity contribution in [1.29, 1.82) is 0 Å². The van der Waals surface area contributed by atoms with Gasteiger partial charge in [-0.2, -0.15) is 0 Å². The molecule has 0 rings (SSSR count). The van der Waals surface area contributed by atoms with Gasteiger partial charge in [0.2, 0.25) is 0 Å². The summed E-state index contributed by atoms with van der Waals surface area (Å²) in [5, 5.41) is 0. The van der Waals surface area contributed by atoms with Crippen molar-refractivity contribution in [1.82, 2.24) is 0 Å². The molecule has 2 N–H and O–H groups in total. The fourth-order valence-corrected chi connectivity index (χ4v) is 0. The number of rotatable bonds is 0. The van der Waals surface area contributed by atoms with Crippen LogP contribution in [0.1, 0.15) is 0 Å². The first-order valence-electron chi connectivity index (χ1n) is 0.500. The first-order chi connectivity index (χ1) is 3.00. The zero-order valence-electron chi connectivity index (χ0n) is 2.95. The van der Waals surface area contributed by atoms with E-state index in [0.29, 0.717) is 66.8 Å². The SMILES string of the molecule is O.O=[Te].O=[Te].O=[Te].[AlH3].[AlH3]. The van der Waals surface area contributed by atoms with Gasteiger partial charge in [-0.25, -0.2) is 0 Å². The topological polar surface area (TPSA) is 82.7 Å². The molecule has 56 valence electrons. The van der Waals surface area contributed by atoms with Crippen LogP contribution < -0.4 is 0 Å². The van der Waals surface area contributed by atoms with Crippen LogP contribution >= 0.6 is 0 Å². The molecule has 0 atom stereocenters. The van der Waals surface area contributed by atoms with Crippen LogP contribution in [0.25, 0.3) is 0 Å². The maximum absolute atomic E-state index is 8.26. The number of hydrogen-bond acceptors (Lipinski definition) is 3. The molecule has 0 heterocycles. The average Bonchev–Trinajstić information content (AvgIpc) is 1.81. The van der Waals surface area contributed by atoms with Gasteiger partial charge in [0.05, 0.1) is 0 Å². The van der Waals surface area contributed by atoms with Crippen LogP contribution in [-0.4, -0.2) is 107 Å². The Bertz CT molecular complexity index is 18.5. The van der Waals surface area contributed by atoms with E-state index >= 15 is 0 Å². The monoisotopic (exact) mass is 516 g/mol. The minimum absolute atomic E-state index is 0. The summed E-state index contributed by atoms with van der Waals surface area (Å²) in [7, 11) is 0. The van der Waals surface area contributed by atoms with Crippen LogP contribution in [0.15, 0.2) is 0 Å². The van der Waals surface area contributed by atoms with E-state index in [4.69, 9.17) is 9.31 Å². The standard InChI is InChI=1S/2Al.3OTe.H2O.6H/c;;3*1-2;;;;;;;/h;;;;;1H2;;;;;;. The summed E-state index contributed by atoms with van der Waals surface area (Å²) in [5.74, 6) is 0. The van der Waals surface area contributed by atoms with Gasteiger partial charge in [-0.3, -0.25) is 0 Å². The van der Waals surface area contributed by atoms with E-state index in [-0.39, 0.29) is 40.2 Å². The van der Waals surface area contributed by atoms with Crippen molar-refractivity contribution in [2.24, 2.45) is 0 Å². The Hall–Kier alpha value is 2.79. The molecule has 0 unspecified atom stereocenters. The molecule has 0 radical (unpaired) electrons. The third kappa shape index (κ3) is 107. The molecular weight excluding hydrogens is 501 g/mol. The zero-order chi connectivity index (χ0) is 6.00. The van der Waals surface area contributed by atoms with Crippen molar-refractivity contribution in [3.8, 4) is 0 Å². The molecular formula is H8Al2O4Te3. The Kier molecular flexibility index (Phi) is 603. The predicted octanol–water partition coefficient (Wildman–Crippen LogP) is -4.69. The van der Waals surface area contributed by atoms with Crippen molar-refractivity contribution in [3.05, 3.63) is 0 Å². The van der Waals surface area contributed by atoms with Crippen LogP contribution in [0.5, 0.6) is 0 Å². The van der Waals surface area contributed by atoms with Crippen molar-refractivity contribution < 1.29 is 14.8 Å². The molecule has 0 aliphatic rings. The molecule has 0 aromatic carbocycles. The first-order valence-corrected chi connectivity index (χ1v) is 3.35. The van der Waals surface area contributed by atoms with E-state index in [1.54, 1.807) is 0 Å². The average molecular weight is 509 g/mol. The summed E-state index contributed by atoms with van der Waals surface area (Å²) < 4.78 is 24.8. The molecule has 0 amide bonds. The molecule has 0 saturated heterocycles. The Morgan fingerprint density at radius 2 is 0.556 bits per heavy atom. The Labute approximate surface area is 114 Å². The molecule has 9 heteroatoms. The van der Waals surface area contributed by atoms with Gasteiger partial charge in [-0.15, -0.1) is 0 Å². The summed E-state index contributed by atoms with van der Waals surface area (Å²) in [6, 6.07) is 0. The Balaban J connectivity index is -0.00000000321. The quantitative estimate of drug-likeness (QED) is 0.309. The van der Waals surface area contributed by atoms with Gasteiger partial charge in [-0.05, 0) is 0 Å². The van der Waals surface area contributed by atoms with Crippen molar-refractivity contribution >= 4 is 102 Å². The molecule has 0 fully saturated rings. The second-order valence-corrected chi connectivity index (χ2v) is 0. The minimum Gasteiger partial charge on any atom is 0.187 e. The van der Waals surface area contributed by atoms with Gasteiger partial charge in [0.1, 0.15) is 0 Å². The largest absolute Gasteiger partial charge is 0.187 e. The second-order valence-electron chi connectivity index (χ2n) is 0. The van der Waals surface area contributed by atoms with E-state index in [0.717, 1.165) is 0 Å². The van der Waals surface area contributed by atoms with E-state index in [2.05, 4.69) is 0 Å². The summed E-state index contributed by atoms with van der Waals surface area (Å²) in [4.78, 5) is 0. The molecule has 0 saturated carbocycles. The van der Waals surface area contributed by atoms with Gasteiger partial charge in [0.25, 0.3) is 0 Å². The van der Waals surface area contributed by atoms with E-state index in [1.807, 2.05) is 0 Å². The van der Waals surface area contributed by atoms with Crippen LogP contribution in [0, 0.1) is 0 Å². The number of hydrogen-bond donors (Lipinski definition) is 0. The zero-order valence-corrected chi connectivity index (χ0v) is 9.94. The molecule has 0 aromatic heterocycles. The Morgan fingerprint density at radius 1 is 0.556 bits per heavy atom. The summed E-state index contributed by atoms with van der Waals surface area (Å²) in [6.07, 6.45) is 0. The van der Waals surface area contributed by atoms with Crippen LogP contribution in [-0.2, 0) is 9.31 Å². The van der Waals surface area contributed by atoms with Crippen LogP contribution in [0.2, 0.25) is 0 Å². The van der Waals surface area contributed by atoms with Gasteiger partial charge in [0.15, 0.2) is 34.7 Å². The minimum atomic E-state index is 0. The maximum Gasteiger partial charge on any atom is 0.187 e. The normalized spacial score (nSPS) is 1.33. The molecule has 0 aromatic rings. The predicted molar refractivity (Wildman–Crippen MR) is 42.8 cm³/mol. The van der Waals surface area contributed by atoms with Crippen LogP contribution in [0.3, 0.4) is 0 Å². The summed E-state index contributed by atoms with van der Waals surface area (Å²) in [6.45, 7) is 0. The Morgan fingerprint density at radius 3 is 0.556 bits per heavy atom. The van der Waals surface area contributed by atoms with Gasteiger partial charge in [0, 0.05) is 0 Å². The van der Waals surface area contributed by atoms with E-state index < -0.39 is 0 Å². The van der Waals surface area contributed by atoms with Crippen molar-refractivity contribution in [2.45, 2.75) is 0 Å². The summed E-state index contributed by atoms with van der Waals surface area (Å²) >= 11 is 2.10. The first kappa shape index (κ1) is 40.9. The van der Waals surface area contributed by atoms with Crippen molar-refractivity contribution in [3.63, 3.8) is 0 Å². The maximum atomic E-state index is 8.26. The third-order valence-electron chi connectivity index (χ3n) is 0. The second kappa shape index (κ2) is 133. The van der Waals surface area contributed by atoms with Crippen molar-refractivity contribution in [2.75, 3.05) is 0 Å². The fraction of sp³-hybridized carbons (Fsp3) is 0. The molecule has 0 spiro atoms. The van der Waals surface area contributed by atoms with E-state index in [1.165, 1.54) is 0 Å². The fourth-order valence-electron chi connectivity index (χ4n) is 0. The van der Waals surface area contributed by atoms with Gasteiger partial charge < -0.3 is 5.48 Å². The molecule has 0 aliphatic carbocycles. The van der Waals surface area contributed by atoms with Gasteiger partial charge >= 0.3 is 76.2 Å². The smallest absolute Gasteiger partial charge is 0.187 e. The molecule has 9 heavy (non-hydrogen) atoms. The third-order valence-corrected chi connectivity index (χ3v) is 0. The molecule has 0 bridgehead atoms. The molecule has 0 aliphatic heterocycles. The van der Waals surface area contributed by atoms with E-state index in [9.17, 15) is 0 Å². The van der Waals surface area contributed by atoms with Crippen LogP contribution in [0.4, 0.5) is 0 Å². The summed E-state index contributed by atoms with van der Waals surface area (Å²) in [5.41, 5.74) is 0. The molecule has 4 nitrogen and oxygen atoms in total.